The average Bonchev–Trinajstić information content (AvgIpc) is 3.93. The van der Waals surface area contributed by atoms with Crippen molar-refractivity contribution < 1.29 is 4.42 Å². The number of hydrogen-bond donors (Lipinski definition) is 0. The van der Waals surface area contributed by atoms with E-state index in [1.54, 1.807) is 0 Å². The van der Waals surface area contributed by atoms with Crippen molar-refractivity contribution in [2.24, 2.45) is 0 Å². The molecule has 1 aromatic heterocycles. The summed E-state index contributed by atoms with van der Waals surface area (Å²) in [5, 5.41) is 4.63. The highest BCUT2D eigenvalue weighted by Crippen LogP contribution is 2.57. The van der Waals surface area contributed by atoms with Gasteiger partial charge in [0.25, 0.3) is 0 Å². The molecule has 1 aliphatic carbocycles. The van der Waals surface area contributed by atoms with Crippen LogP contribution in [0, 0.1) is 0 Å². The van der Waals surface area contributed by atoms with Crippen molar-refractivity contribution >= 4 is 49.8 Å². The average molecular weight is 854 g/mol. The number of rotatable bonds is 8. The first-order valence-corrected chi connectivity index (χ1v) is 23.1. The summed E-state index contributed by atoms with van der Waals surface area (Å²) in [5.74, 6) is 0. The normalized spacial score (nSPS) is 12.6. The molecule has 0 saturated carbocycles. The van der Waals surface area contributed by atoms with Gasteiger partial charge in [-0.2, -0.15) is 0 Å². The molecule has 2 heteroatoms. The molecule has 0 bridgehead atoms. The van der Waals surface area contributed by atoms with Crippen LogP contribution in [0.25, 0.3) is 77.2 Å². The second kappa shape index (κ2) is 15.8. The van der Waals surface area contributed by atoms with E-state index in [2.05, 4.69) is 254 Å². The molecule has 0 saturated heterocycles. The van der Waals surface area contributed by atoms with E-state index in [1.165, 1.54) is 66.4 Å². The Morgan fingerprint density at radius 1 is 0.313 bits per heavy atom. The highest BCUT2D eigenvalue weighted by molar-refractivity contribution is 6.10. The van der Waals surface area contributed by atoms with Crippen LogP contribution in [0.3, 0.4) is 0 Å². The molecule has 0 amide bonds. The molecule has 0 radical (unpaired) electrons. The fraction of sp³-hybridized carbons (Fsp3) is 0.0154. The molecule has 1 aliphatic rings. The molecule has 67 heavy (non-hydrogen) atoms. The highest BCUT2D eigenvalue weighted by atomic mass is 16.3. The maximum Gasteiger partial charge on any atom is 0.135 e. The smallest absolute Gasteiger partial charge is 0.135 e. The zero-order valence-corrected chi connectivity index (χ0v) is 36.7. The van der Waals surface area contributed by atoms with Crippen LogP contribution in [0.5, 0.6) is 0 Å². The van der Waals surface area contributed by atoms with Gasteiger partial charge < -0.3 is 9.32 Å². The van der Waals surface area contributed by atoms with Gasteiger partial charge in [0.05, 0.1) is 11.1 Å². The predicted octanol–water partition coefficient (Wildman–Crippen LogP) is 17.6. The highest BCUT2D eigenvalue weighted by Gasteiger charge is 2.46. The van der Waals surface area contributed by atoms with E-state index in [9.17, 15) is 0 Å². The van der Waals surface area contributed by atoms with Crippen LogP contribution in [0.15, 0.2) is 265 Å². The molecule has 2 nitrogen and oxygen atoms in total. The predicted molar refractivity (Wildman–Crippen MR) is 280 cm³/mol. The number of furan rings is 1. The summed E-state index contributed by atoms with van der Waals surface area (Å²) in [5.41, 5.74) is 19.3. The molecule has 13 rings (SSSR count). The third-order valence-corrected chi connectivity index (χ3v) is 14.0. The third kappa shape index (κ3) is 6.18. The van der Waals surface area contributed by atoms with E-state index < -0.39 is 5.41 Å². The first-order valence-electron chi connectivity index (χ1n) is 23.1. The lowest BCUT2D eigenvalue weighted by atomic mass is 9.67. The van der Waals surface area contributed by atoms with Gasteiger partial charge >= 0.3 is 0 Å². The van der Waals surface area contributed by atoms with Crippen molar-refractivity contribution in [3.8, 4) is 44.5 Å². The maximum atomic E-state index is 6.36. The summed E-state index contributed by atoms with van der Waals surface area (Å²) in [7, 11) is 0. The van der Waals surface area contributed by atoms with E-state index in [4.69, 9.17) is 4.42 Å². The number of nitrogens with zero attached hydrogens (tertiary/aromatic N) is 1. The summed E-state index contributed by atoms with van der Waals surface area (Å²) in [6.07, 6.45) is 0. The van der Waals surface area contributed by atoms with E-state index in [1.807, 2.05) is 12.1 Å². The molecule has 0 atom stereocenters. The number of benzene rings is 11. The Hall–Kier alpha value is -8.72. The van der Waals surface area contributed by atoms with E-state index in [0.717, 1.165) is 50.1 Å². The largest absolute Gasteiger partial charge is 0.456 e. The SMILES string of the molecule is c1ccc(-c2cccc3cccc(-c4ccccc4N(c4ccc(-c5ccc6c(c5)C(c5ccccc5)(c5ccccc5)c5ccccc5-6)cc4)c4ccc5oc6ccccc6c5c4)c23)cc1. The molecule has 314 valence electrons. The van der Waals surface area contributed by atoms with Gasteiger partial charge in [0.15, 0.2) is 0 Å². The Balaban J connectivity index is 0.990. The topological polar surface area (TPSA) is 16.4 Å². The third-order valence-electron chi connectivity index (χ3n) is 14.0. The molecule has 0 aliphatic heterocycles. The molecule has 12 aromatic rings. The molecule has 0 fully saturated rings. The van der Waals surface area contributed by atoms with Crippen LogP contribution in [-0.2, 0) is 5.41 Å². The minimum Gasteiger partial charge on any atom is -0.456 e. The molecule has 0 spiro atoms. The molecule has 11 aromatic carbocycles. The second-order valence-electron chi connectivity index (χ2n) is 17.5. The van der Waals surface area contributed by atoms with Gasteiger partial charge in [-0.1, -0.05) is 212 Å². The molecule has 1 heterocycles. The van der Waals surface area contributed by atoms with Crippen LogP contribution < -0.4 is 4.90 Å². The van der Waals surface area contributed by atoms with Crippen molar-refractivity contribution in [1.82, 2.24) is 0 Å². The van der Waals surface area contributed by atoms with Crippen LogP contribution in [0.1, 0.15) is 22.3 Å². The lowest BCUT2D eigenvalue weighted by Crippen LogP contribution is -2.28. The fourth-order valence-corrected chi connectivity index (χ4v) is 11.0. The van der Waals surface area contributed by atoms with Crippen LogP contribution in [0.2, 0.25) is 0 Å². The van der Waals surface area contributed by atoms with Gasteiger partial charge in [0.2, 0.25) is 0 Å². The summed E-state index contributed by atoms with van der Waals surface area (Å²) >= 11 is 0. The summed E-state index contributed by atoms with van der Waals surface area (Å²) in [4.78, 5) is 2.42. The Bertz CT molecular complexity index is 3750. The number of para-hydroxylation sites is 2. The first kappa shape index (κ1) is 38.7. The first-order chi connectivity index (χ1) is 33.2. The van der Waals surface area contributed by atoms with Gasteiger partial charge in [0, 0.05) is 27.7 Å². The zero-order valence-electron chi connectivity index (χ0n) is 36.7. The molecule has 0 unspecified atom stereocenters. The lowest BCUT2D eigenvalue weighted by Gasteiger charge is -2.34. The van der Waals surface area contributed by atoms with Crippen molar-refractivity contribution in [2.75, 3.05) is 4.90 Å². The minimum atomic E-state index is -0.469. The molecule has 0 N–H and O–H groups in total. The lowest BCUT2D eigenvalue weighted by molar-refractivity contribution is 0.669. The van der Waals surface area contributed by atoms with Crippen LogP contribution in [-0.4, -0.2) is 0 Å². The Morgan fingerprint density at radius 3 is 1.64 bits per heavy atom. The van der Waals surface area contributed by atoms with E-state index in [-0.39, 0.29) is 0 Å². The van der Waals surface area contributed by atoms with Crippen molar-refractivity contribution in [1.29, 1.82) is 0 Å². The summed E-state index contributed by atoms with van der Waals surface area (Å²) in [6.45, 7) is 0. The maximum absolute atomic E-state index is 6.36. The molecular formula is C65H43NO. The quantitative estimate of drug-likeness (QED) is 0.151. The number of fused-ring (bicyclic) bond motifs is 7. The second-order valence-corrected chi connectivity index (χ2v) is 17.5. The standard InChI is InChI=1S/C65H43NO/c1-4-18-45(19-5-1)52-29-16-20-46-21-17-30-57(64(46)52)55-27-11-14-32-61(55)66(51-39-41-63-58(43-51)56-28-12-15-33-62(56)67-63)50-37-34-44(35-38-50)47-36-40-54-53-26-10-13-31-59(53)65(60(54)42-47,48-22-6-2-7-23-48)49-24-8-3-9-25-49/h1-43H. The van der Waals surface area contributed by atoms with Crippen LogP contribution >= 0.6 is 0 Å². The fourth-order valence-electron chi connectivity index (χ4n) is 11.0. The monoisotopic (exact) mass is 853 g/mol. The summed E-state index contributed by atoms with van der Waals surface area (Å²) < 4.78 is 6.36. The van der Waals surface area contributed by atoms with Crippen molar-refractivity contribution in [3.05, 3.63) is 283 Å². The zero-order chi connectivity index (χ0) is 44.3. The van der Waals surface area contributed by atoms with Crippen LogP contribution in [0.4, 0.5) is 17.1 Å². The summed E-state index contributed by atoms with van der Waals surface area (Å²) in [6, 6.07) is 95.1. The van der Waals surface area contributed by atoms with Crippen molar-refractivity contribution in [3.63, 3.8) is 0 Å². The van der Waals surface area contributed by atoms with E-state index >= 15 is 0 Å². The van der Waals surface area contributed by atoms with Crippen molar-refractivity contribution in [2.45, 2.75) is 5.41 Å². The van der Waals surface area contributed by atoms with Gasteiger partial charge in [-0.25, -0.2) is 0 Å². The van der Waals surface area contributed by atoms with Gasteiger partial charge in [-0.15, -0.1) is 0 Å². The molecular weight excluding hydrogens is 811 g/mol. The van der Waals surface area contributed by atoms with Gasteiger partial charge in [-0.3, -0.25) is 0 Å². The van der Waals surface area contributed by atoms with E-state index in [0.29, 0.717) is 0 Å². The minimum absolute atomic E-state index is 0.469. The Morgan fingerprint density at radius 2 is 0.881 bits per heavy atom. The number of hydrogen-bond acceptors (Lipinski definition) is 2. The number of anilines is 3. The Labute approximate surface area is 390 Å². The van der Waals surface area contributed by atoms with Gasteiger partial charge in [-0.05, 0) is 121 Å². The Kier molecular flexibility index (Phi) is 9.11. The van der Waals surface area contributed by atoms with Gasteiger partial charge in [0.1, 0.15) is 11.2 Å².